The van der Waals surface area contributed by atoms with Crippen LogP contribution in [0.2, 0.25) is 0 Å². The van der Waals surface area contributed by atoms with Crippen LogP contribution in [0.15, 0.2) is 41.1 Å². The molecule has 1 unspecified atom stereocenters. The number of hydrogen-bond donors (Lipinski definition) is 0. The minimum absolute atomic E-state index is 0.645. The van der Waals surface area contributed by atoms with E-state index < -0.39 is 0 Å². The molecule has 0 aliphatic carbocycles. The summed E-state index contributed by atoms with van der Waals surface area (Å²) < 4.78 is 7.78. The predicted octanol–water partition coefficient (Wildman–Crippen LogP) is 3.98. The number of furan rings is 1. The third kappa shape index (κ3) is 2.46. The van der Waals surface area contributed by atoms with Gasteiger partial charge in [-0.2, -0.15) is 11.8 Å². The first-order valence-electron chi connectivity index (χ1n) is 7.38. The van der Waals surface area contributed by atoms with Crippen LogP contribution in [0.1, 0.15) is 19.3 Å². The molecule has 0 radical (unpaired) electrons. The summed E-state index contributed by atoms with van der Waals surface area (Å²) >= 11 is 2.07. The van der Waals surface area contributed by atoms with Crippen molar-refractivity contribution in [3.05, 3.63) is 36.7 Å². The molecule has 4 rings (SSSR count). The fraction of sp³-hybridized carbons (Fsp3) is 0.375. The number of imidazole rings is 1. The van der Waals surface area contributed by atoms with Crippen molar-refractivity contribution >= 4 is 22.9 Å². The third-order valence-corrected chi connectivity index (χ3v) is 5.29. The molecular formula is C16H17N3OS. The zero-order valence-electron chi connectivity index (χ0n) is 11.7. The number of rotatable bonds is 3. The first kappa shape index (κ1) is 13.0. The first-order valence-corrected chi connectivity index (χ1v) is 8.43. The van der Waals surface area contributed by atoms with Gasteiger partial charge in [0.05, 0.1) is 6.26 Å². The fourth-order valence-corrected chi connectivity index (χ4v) is 4.17. The van der Waals surface area contributed by atoms with Crippen molar-refractivity contribution in [2.45, 2.75) is 31.1 Å². The largest absolute Gasteiger partial charge is 0.461 e. The maximum atomic E-state index is 5.56. The second-order valence-corrected chi connectivity index (χ2v) is 6.77. The van der Waals surface area contributed by atoms with Gasteiger partial charge in [-0.3, -0.25) is 0 Å². The Labute approximate surface area is 127 Å². The van der Waals surface area contributed by atoms with E-state index in [0.29, 0.717) is 5.25 Å². The van der Waals surface area contributed by atoms with Crippen LogP contribution in [0.25, 0.3) is 22.7 Å². The maximum Gasteiger partial charge on any atom is 0.178 e. The highest BCUT2D eigenvalue weighted by atomic mass is 32.2. The molecule has 4 heterocycles. The number of hydrogen-bond acceptors (Lipinski definition) is 4. The van der Waals surface area contributed by atoms with E-state index in [0.717, 1.165) is 29.3 Å². The molecular weight excluding hydrogens is 282 g/mol. The lowest BCUT2D eigenvalue weighted by atomic mass is 10.2. The van der Waals surface area contributed by atoms with Crippen LogP contribution in [0.5, 0.6) is 0 Å². The molecule has 3 aromatic rings. The van der Waals surface area contributed by atoms with Crippen LogP contribution in [-0.4, -0.2) is 25.5 Å². The van der Waals surface area contributed by atoms with Gasteiger partial charge in [-0.25, -0.2) is 9.97 Å². The molecule has 0 bridgehead atoms. The summed E-state index contributed by atoms with van der Waals surface area (Å²) in [7, 11) is 0. The van der Waals surface area contributed by atoms with Gasteiger partial charge in [0.1, 0.15) is 5.52 Å². The van der Waals surface area contributed by atoms with Gasteiger partial charge < -0.3 is 8.98 Å². The number of aromatic nitrogens is 3. The Kier molecular flexibility index (Phi) is 3.43. The number of thioether (sulfide) groups is 1. The van der Waals surface area contributed by atoms with Gasteiger partial charge in [-0.15, -0.1) is 0 Å². The molecule has 1 fully saturated rings. The zero-order valence-corrected chi connectivity index (χ0v) is 12.6. The molecule has 4 nitrogen and oxygen atoms in total. The average Bonchev–Trinajstić information content (AvgIpc) is 3.16. The summed E-state index contributed by atoms with van der Waals surface area (Å²) in [6.07, 6.45) is 7.47. The van der Waals surface area contributed by atoms with Gasteiger partial charge in [0, 0.05) is 18.0 Å². The van der Waals surface area contributed by atoms with Crippen molar-refractivity contribution in [3.8, 4) is 11.6 Å². The highest BCUT2D eigenvalue weighted by molar-refractivity contribution is 7.99. The van der Waals surface area contributed by atoms with E-state index in [1.165, 1.54) is 25.0 Å². The van der Waals surface area contributed by atoms with Crippen molar-refractivity contribution in [2.24, 2.45) is 0 Å². The molecule has 1 saturated heterocycles. The molecule has 0 amide bonds. The first-order chi connectivity index (χ1) is 10.4. The monoisotopic (exact) mass is 299 g/mol. The third-order valence-electron chi connectivity index (χ3n) is 3.91. The second-order valence-electron chi connectivity index (χ2n) is 5.36. The van der Waals surface area contributed by atoms with Crippen LogP contribution in [0, 0.1) is 0 Å². The van der Waals surface area contributed by atoms with Gasteiger partial charge >= 0.3 is 0 Å². The van der Waals surface area contributed by atoms with Crippen LogP contribution in [0.3, 0.4) is 0 Å². The molecule has 0 aromatic carbocycles. The number of pyridine rings is 1. The Morgan fingerprint density at radius 3 is 3.10 bits per heavy atom. The number of fused-ring (bicyclic) bond motifs is 1. The van der Waals surface area contributed by atoms with Crippen molar-refractivity contribution in [1.29, 1.82) is 0 Å². The Morgan fingerprint density at radius 1 is 1.29 bits per heavy atom. The molecule has 1 aliphatic heterocycles. The summed E-state index contributed by atoms with van der Waals surface area (Å²) in [4.78, 5) is 9.24. The van der Waals surface area contributed by atoms with Crippen LogP contribution < -0.4 is 0 Å². The van der Waals surface area contributed by atoms with Gasteiger partial charge in [-0.05, 0) is 42.9 Å². The molecule has 3 aromatic heterocycles. The van der Waals surface area contributed by atoms with E-state index in [1.54, 1.807) is 6.26 Å². The zero-order chi connectivity index (χ0) is 14.1. The minimum Gasteiger partial charge on any atom is -0.461 e. The van der Waals surface area contributed by atoms with Gasteiger partial charge in [0.25, 0.3) is 0 Å². The quantitative estimate of drug-likeness (QED) is 0.734. The summed E-state index contributed by atoms with van der Waals surface area (Å²) in [5, 5.41) is 0.645. The molecule has 0 saturated carbocycles. The number of nitrogens with zero attached hydrogens (tertiary/aromatic N) is 3. The lowest BCUT2D eigenvalue weighted by Gasteiger charge is -2.22. The lowest BCUT2D eigenvalue weighted by molar-refractivity contribution is 0.557. The summed E-state index contributed by atoms with van der Waals surface area (Å²) in [6.45, 7) is 0.953. The van der Waals surface area contributed by atoms with Gasteiger partial charge in [0.2, 0.25) is 0 Å². The minimum atomic E-state index is 0.645. The van der Waals surface area contributed by atoms with Crippen molar-refractivity contribution < 1.29 is 4.42 Å². The van der Waals surface area contributed by atoms with E-state index >= 15 is 0 Å². The van der Waals surface area contributed by atoms with E-state index in [4.69, 9.17) is 9.40 Å². The summed E-state index contributed by atoms with van der Waals surface area (Å²) in [6, 6.07) is 7.81. The molecule has 5 heteroatoms. The van der Waals surface area contributed by atoms with E-state index in [1.807, 2.05) is 30.5 Å². The fourth-order valence-electron chi connectivity index (χ4n) is 2.88. The van der Waals surface area contributed by atoms with Crippen LogP contribution in [0.4, 0.5) is 0 Å². The Balaban J connectivity index is 1.78. The summed E-state index contributed by atoms with van der Waals surface area (Å²) in [5.74, 6) is 2.97. The molecule has 21 heavy (non-hydrogen) atoms. The summed E-state index contributed by atoms with van der Waals surface area (Å²) in [5.41, 5.74) is 1.89. The highest BCUT2D eigenvalue weighted by Gasteiger charge is 2.20. The maximum absolute atomic E-state index is 5.56. The topological polar surface area (TPSA) is 43.9 Å². The normalized spacial score (nSPS) is 19.1. The lowest BCUT2D eigenvalue weighted by Crippen LogP contribution is -2.17. The van der Waals surface area contributed by atoms with E-state index in [2.05, 4.69) is 21.3 Å². The Hall–Kier alpha value is -1.75. The molecule has 0 spiro atoms. The molecule has 1 atom stereocenters. The Morgan fingerprint density at radius 2 is 2.29 bits per heavy atom. The van der Waals surface area contributed by atoms with Crippen LogP contribution >= 0.6 is 11.8 Å². The van der Waals surface area contributed by atoms with Gasteiger partial charge in [0.15, 0.2) is 17.2 Å². The van der Waals surface area contributed by atoms with Crippen LogP contribution in [-0.2, 0) is 6.54 Å². The second kappa shape index (κ2) is 5.56. The standard InChI is InChI=1S/C16H17N3OS/c1-2-10-21-12(5-1)11-19-15-13(6-3-8-17-15)18-16(19)14-7-4-9-20-14/h3-4,6-9,12H,1-2,5,10-11H2. The molecule has 1 aliphatic rings. The molecule has 108 valence electrons. The van der Waals surface area contributed by atoms with E-state index in [-0.39, 0.29) is 0 Å². The smallest absolute Gasteiger partial charge is 0.178 e. The molecule has 0 N–H and O–H groups in total. The highest BCUT2D eigenvalue weighted by Crippen LogP contribution is 2.30. The van der Waals surface area contributed by atoms with Gasteiger partial charge in [-0.1, -0.05) is 6.42 Å². The van der Waals surface area contributed by atoms with Crippen molar-refractivity contribution in [1.82, 2.24) is 14.5 Å². The predicted molar refractivity (Wildman–Crippen MR) is 85.3 cm³/mol. The van der Waals surface area contributed by atoms with Crippen molar-refractivity contribution in [2.75, 3.05) is 5.75 Å². The SMILES string of the molecule is c1coc(-c2nc3cccnc3n2CC2CCCCS2)c1. The van der Waals surface area contributed by atoms with E-state index in [9.17, 15) is 0 Å². The van der Waals surface area contributed by atoms with Crippen molar-refractivity contribution in [3.63, 3.8) is 0 Å². The Bertz CT molecular complexity index is 729. The average molecular weight is 299 g/mol.